The van der Waals surface area contributed by atoms with Crippen molar-refractivity contribution < 1.29 is 22.0 Å². The van der Waals surface area contributed by atoms with Gasteiger partial charge in [-0.25, -0.2) is 21.5 Å². The van der Waals surface area contributed by atoms with Crippen molar-refractivity contribution in [3.8, 4) is 0 Å². The number of benzene rings is 1. The van der Waals surface area contributed by atoms with Gasteiger partial charge >= 0.3 is 0 Å². The lowest BCUT2D eigenvalue weighted by atomic mass is 9.75. The molecule has 1 aromatic heterocycles. The number of piperidine rings is 1. The molecule has 1 N–H and O–H groups in total. The third kappa shape index (κ3) is 4.67. The van der Waals surface area contributed by atoms with Crippen LogP contribution in [0.2, 0.25) is 0 Å². The Hall–Kier alpha value is -2.39. The molecule has 0 atom stereocenters. The standard InChI is InChI=1S/C21H25F2N3O3S/c1-2-14-30(28,29)26-12-9-21(10-13-26,18-8-3-4-11-24-18)15-25-20(27)19-16(22)6-5-7-17(19)23/h3-8,11H,2,9-10,12-15H2,1H3,(H,25,27). The number of hydrogen-bond acceptors (Lipinski definition) is 4. The first kappa shape index (κ1) is 22.3. The number of sulfonamides is 1. The molecule has 1 aliphatic heterocycles. The van der Waals surface area contributed by atoms with Crippen LogP contribution in [0.4, 0.5) is 8.78 Å². The Bertz CT molecular complexity index is 972. The second-order valence-electron chi connectivity index (χ2n) is 7.49. The van der Waals surface area contributed by atoms with Crippen LogP contribution in [-0.2, 0) is 15.4 Å². The Kier molecular flexibility index (Phi) is 6.82. The fraction of sp³-hybridized carbons (Fsp3) is 0.429. The zero-order chi connectivity index (χ0) is 21.8. The molecule has 2 heterocycles. The Morgan fingerprint density at radius 2 is 1.80 bits per heavy atom. The van der Waals surface area contributed by atoms with Crippen LogP contribution in [0.3, 0.4) is 0 Å². The summed E-state index contributed by atoms with van der Waals surface area (Å²) in [5, 5.41) is 2.64. The number of hydrogen-bond donors (Lipinski definition) is 1. The highest BCUT2D eigenvalue weighted by Crippen LogP contribution is 2.35. The maximum Gasteiger partial charge on any atom is 0.257 e. The molecule has 0 aliphatic carbocycles. The summed E-state index contributed by atoms with van der Waals surface area (Å²) in [5.74, 6) is -2.62. The summed E-state index contributed by atoms with van der Waals surface area (Å²) in [7, 11) is -3.32. The van der Waals surface area contributed by atoms with Crippen molar-refractivity contribution in [3.05, 3.63) is 65.5 Å². The zero-order valence-corrected chi connectivity index (χ0v) is 17.6. The minimum Gasteiger partial charge on any atom is -0.351 e. The van der Waals surface area contributed by atoms with Gasteiger partial charge in [-0.1, -0.05) is 19.1 Å². The topological polar surface area (TPSA) is 79.4 Å². The number of pyridine rings is 1. The third-order valence-corrected chi connectivity index (χ3v) is 7.60. The summed E-state index contributed by atoms with van der Waals surface area (Å²) in [6.07, 6.45) is 3.05. The minimum atomic E-state index is -3.32. The summed E-state index contributed by atoms with van der Waals surface area (Å²) < 4.78 is 54.2. The average Bonchev–Trinajstić information content (AvgIpc) is 2.73. The first-order chi connectivity index (χ1) is 14.3. The van der Waals surface area contributed by atoms with Crippen molar-refractivity contribution in [3.63, 3.8) is 0 Å². The lowest BCUT2D eigenvalue weighted by Gasteiger charge is -2.41. The molecule has 0 spiro atoms. The number of aromatic nitrogens is 1. The van der Waals surface area contributed by atoms with Crippen molar-refractivity contribution in [1.82, 2.24) is 14.6 Å². The van der Waals surface area contributed by atoms with Crippen LogP contribution in [0.1, 0.15) is 42.2 Å². The van der Waals surface area contributed by atoms with Crippen LogP contribution >= 0.6 is 0 Å². The SMILES string of the molecule is CCCS(=O)(=O)N1CCC(CNC(=O)c2c(F)cccc2F)(c2ccccn2)CC1. The van der Waals surface area contributed by atoms with Crippen LogP contribution in [-0.4, -0.2) is 49.0 Å². The van der Waals surface area contributed by atoms with Gasteiger partial charge < -0.3 is 5.32 Å². The van der Waals surface area contributed by atoms with Gasteiger partial charge in [-0.05, 0) is 43.5 Å². The molecule has 1 saturated heterocycles. The second kappa shape index (κ2) is 9.18. The fourth-order valence-electron chi connectivity index (χ4n) is 3.83. The molecule has 30 heavy (non-hydrogen) atoms. The van der Waals surface area contributed by atoms with Gasteiger partial charge in [0.05, 0.1) is 5.75 Å². The Morgan fingerprint density at radius 1 is 1.13 bits per heavy atom. The molecule has 1 aromatic carbocycles. The largest absolute Gasteiger partial charge is 0.351 e. The summed E-state index contributed by atoms with van der Waals surface area (Å²) in [5.41, 5.74) is -0.542. The molecule has 6 nitrogen and oxygen atoms in total. The molecule has 0 bridgehead atoms. The van der Waals surface area contributed by atoms with E-state index in [0.717, 1.165) is 12.1 Å². The number of nitrogens with one attached hydrogen (secondary N) is 1. The summed E-state index contributed by atoms with van der Waals surface area (Å²) >= 11 is 0. The number of carbonyl (C=O) groups excluding carboxylic acids is 1. The van der Waals surface area contributed by atoms with E-state index in [4.69, 9.17) is 0 Å². The highest BCUT2D eigenvalue weighted by molar-refractivity contribution is 7.89. The van der Waals surface area contributed by atoms with E-state index in [1.165, 1.54) is 10.4 Å². The molecular weight excluding hydrogens is 412 g/mol. The van der Waals surface area contributed by atoms with Gasteiger partial charge in [0.15, 0.2) is 0 Å². The van der Waals surface area contributed by atoms with Gasteiger partial charge in [0.2, 0.25) is 10.0 Å². The normalized spacial score (nSPS) is 16.9. The highest BCUT2D eigenvalue weighted by atomic mass is 32.2. The Labute approximate surface area is 175 Å². The Balaban J connectivity index is 1.81. The average molecular weight is 438 g/mol. The van der Waals surface area contributed by atoms with Crippen LogP contribution in [0.15, 0.2) is 42.6 Å². The number of amides is 1. The van der Waals surface area contributed by atoms with E-state index in [-0.39, 0.29) is 12.3 Å². The van der Waals surface area contributed by atoms with Crippen molar-refractivity contribution in [2.75, 3.05) is 25.4 Å². The first-order valence-electron chi connectivity index (χ1n) is 9.90. The van der Waals surface area contributed by atoms with Gasteiger partial charge in [0, 0.05) is 36.9 Å². The van der Waals surface area contributed by atoms with Crippen LogP contribution in [0, 0.1) is 11.6 Å². The maximum absolute atomic E-state index is 14.0. The highest BCUT2D eigenvalue weighted by Gasteiger charge is 2.40. The van der Waals surface area contributed by atoms with Gasteiger partial charge in [-0.2, -0.15) is 0 Å². The summed E-state index contributed by atoms with van der Waals surface area (Å²) in [4.78, 5) is 16.9. The van der Waals surface area contributed by atoms with Crippen molar-refractivity contribution in [2.24, 2.45) is 0 Å². The van der Waals surface area contributed by atoms with Crippen LogP contribution in [0.5, 0.6) is 0 Å². The molecule has 0 unspecified atom stereocenters. The summed E-state index contributed by atoms with van der Waals surface area (Å²) in [6.45, 7) is 2.50. The van der Waals surface area contributed by atoms with Crippen molar-refractivity contribution in [1.29, 1.82) is 0 Å². The molecule has 9 heteroatoms. The molecular formula is C21H25F2N3O3S. The molecule has 1 amide bonds. The quantitative estimate of drug-likeness (QED) is 0.723. The second-order valence-corrected chi connectivity index (χ2v) is 9.58. The number of nitrogens with zero attached hydrogens (tertiary/aromatic N) is 2. The maximum atomic E-state index is 14.0. The van der Waals surface area contributed by atoms with E-state index < -0.39 is 38.5 Å². The molecule has 1 aliphatic rings. The first-order valence-corrected chi connectivity index (χ1v) is 11.5. The van der Waals surface area contributed by atoms with Crippen LogP contribution < -0.4 is 5.32 Å². The molecule has 1 fully saturated rings. The Morgan fingerprint density at radius 3 is 2.37 bits per heavy atom. The van der Waals surface area contributed by atoms with Gasteiger partial charge in [0.1, 0.15) is 17.2 Å². The van der Waals surface area contributed by atoms with Crippen molar-refractivity contribution >= 4 is 15.9 Å². The van der Waals surface area contributed by atoms with E-state index in [1.54, 1.807) is 12.3 Å². The van der Waals surface area contributed by atoms with E-state index >= 15 is 0 Å². The van der Waals surface area contributed by atoms with Gasteiger partial charge in [-0.3, -0.25) is 9.78 Å². The van der Waals surface area contributed by atoms with Gasteiger partial charge in [-0.15, -0.1) is 0 Å². The van der Waals surface area contributed by atoms with E-state index in [2.05, 4.69) is 10.3 Å². The number of carbonyl (C=O) groups is 1. The molecule has 162 valence electrons. The van der Waals surface area contributed by atoms with E-state index in [9.17, 15) is 22.0 Å². The van der Waals surface area contributed by atoms with Gasteiger partial charge in [0.25, 0.3) is 5.91 Å². The van der Waals surface area contributed by atoms with Crippen molar-refractivity contribution in [2.45, 2.75) is 31.6 Å². The lowest BCUT2D eigenvalue weighted by molar-refractivity contribution is 0.0923. The summed E-state index contributed by atoms with van der Waals surface area (Å²) in [6, 6.07) is 8.68. The number of rotatable bonds is 7. The molecule has 3 rings (SSSR count). The predicted molar refractivity (Wildman–Crippen MR) is 109 cm³/mol. The lowest BCUT2D eigenvalue weighted by Crippen LogP contribution is -2.51. The third-order valence-electron chi connectivity index (χ3n) is 5.52. The monoisotopic (exact) mass is 437 g/mol. The minimum absolute atomic E-state index is 0.0902. The molecule has 2 aromatic rings. The smallest absolute Gasteiger partial charge is 0.257 e. The van der Waals surface area contributed by atoms with Crippen LogP contribution in [0.25, 0.3) is 0 Å². The zero-order valence-electron chi connectivity index (χ0n) is 16.8. The van der Waals surface area contributed by atoms with E-state index in [0.29, 0.717) is 38.0 Å². The number of halogens is 2. The fourth-order valence-corrected chi connectivity index (χ4v) is 5.35. The molecule has 0 saturated carbocycles. The van der Waals surface area contributed by atoms with E-state index in [1.807, 2.05) is 19.1 Å². The molecule has 0 radical (unpaired) electrons. The predicted octanol–water partition coefficient (Wildman–Crippen LogP) is 2.86.